The first-order chi connectivity index (χ1) is 14.9. The molecule has 0 aromatic heterocycles. The first-order valence-corrected chi connectivity index (χ1v) is 11.1. The van der Waals surface area contributed by atoms with Gasteiger partial charge in [0.05, 0.1) is 26.2 Å². The second kappa shape index (κ2) is 12.9. The third-order valence-corrected chi connectivity index (χ3v) is 5.01. The van der Waals surface area contributed by atoms with Crippen molar-refractivity contribution in [1.29, 1.82) is 0 Å². The average Bonchev–Trinajstić information content (AvgIpc) is 2.72. The van der Waals surface area contributed by atoms with Gasteiger partial charge in [-0.15, -0.1) is 0 Å². The van der Waals surface area contributed by atoms with Gasteiger partial charge in [0.15, 0.2) is 0 Å². The van der Waals surface area contributed by atoms with Gasteiger partial charge in [-0.2, -0.15) is 0 Å². The van der Waals surface area contributed by atoms with Gasteiger partial charge in [-0.05, 0) is 43.0 Å². The van der Waals surface area contributed by atoms with Gasteiger partial charge in [0.2, 0.25) is 11.8 Å². The number of hydrogen-bond acceptors (Lipinski definition) is 6. The number of benzene rings is 1. The highest BCUT2D eigenvalue weighted by Gasteiger charge is 2.33. The molecule has 0 radical (unpaired) electrons. The molecule has 1 aliphatic rings. The van der Waals surface area contributed by atoms with E-state index in [0.717, 1.165) is 25.0 Å². The fourth-order valence-corrected chi connectivity index (χ4v) is 3.15. The summed E-state index contributed by atoms with van der Waals surface area (Å²) in [6.45, 7) is 8.26. The maximum Gasteiger partial charge on any atom is 0.307 e. The van der Waals surface area contributed by atoms with Crippen LogP contribution in [0, 0.1) is 5.92 Å². The number of unbranched alkanes of at least 4 members (excludes halogenated alkanes) is 1. The van der Waals surface area contributed by atoms with Crippen LogP contribution in [0.15, 0.2) is 24.3 Å². The number of esters is 1. The fourth-order valence-electron chi connectivity index (χ4n) is 3.15. The molecule has 2 rings (SSSR count). The summed E-state index contributed by atoms with van der Waals surface area (Å²) in [6, 6.07) is 6.51. The molecule has 1 atom stereocenters. The number of nitrogens with one attached hydrogen (secondary N) is 2. The zero-order valence-electron chi connectivity index (χ0n) is 18.8. The Morgan fingerprint density at radius 3 is 2.65 bits per heavy atom. The zero-order valence-corrected chi connectivity index (χ0v) is 18.8. The lowest BCUT2D eigenvalue weighted by atomic mass is 10.1. The second-order valence-corrected chi connectivity index (χ2v) is 8.16. The lowest BCUT2D eigenvalue weighted by molar-refractivity contribution is -0.149. The number of nitrogens with zero attached hydrogens (tertiary/aromatic N) is 1. The van der Waals surface area contributed by atoms with E-state index in [2.05, 4.69) is 24.5 Å². The Bertz CT molecular complexity index is 720. The third-order valence-electron chi connectivity index (χ3n) is 5.01. The molecule has 172 valence electrons. The summed E-state index contributed by atoms with van der Waals surface area (Å²) in [5, 5.41) is 5.59. The number of ether oxygens (including phenoxy) is 2. The Morgan fingerprint density at radius 2 is 1.97 bits per heavy atom. The molecular weight excluding hydrogens is 398 g/mol. The van der Waals surface area contributed by atoms with Crippen molar-refractivity contribution in [1.82, 2.24) is 10.2 Å². The smallest absolute Gasteiger partial charge is 0.307 e. The van der Waals surface area contributed by atoms with Crippen molar-refractivity contribution in [2.45, 2.75) is 52.5 Å². The second-order valence-electron chi connectivity index (χ2n) is 8.16. The van der Waals surface area contributed by atoms with Gasteiger partial charge in [0.25, 0.3) is 0 Å². The highest BCUT2D eigenvalue weighted by Crippen LogP contribution is 2.17. The minimum Gasteiger partial charge on any atom is -0.494 e. The summed E-state index contributed by atoms with van der Waals surface area (Å²) < 4.78 is 10.9. The molecule has 0 aliphatic carbocycles. The van der Waals surface area contributed by atoms with Crippen LogP contribution in [0.1, 0.15) is 46.5 Å². The first-order valence-electron chi connectivity index (χ1n) is 11.1. The molecule has 31 heavy (non-hydrogen) atoms. The van der Waals surface area contributed by atoms with Crippen molar-refractivity contribution >= 4 is 23.5 Å². The predicted molar refractivity (Wildman–Crippen MR) is 119 cm³/mol. The summed E-state index contributed by atoms with van der Waals surface area (Å²) in [4.78, 5) is 38.6. The van der Waals surface area contributed by atoms with E-state index >= 15 is 0 Å². The molecule has 1 aromatic rings. The molecule has 0 saturated carbocycles. The normalized spacial score (nSPS) is 16.6. The molecule has 0 spiro atoms. The predicted octanol–water partition coefficient (Wildman–Crippen LogP) is 2.58. The molecule has 2 amide bonds. The Hall–Kier alpha value is -2.61. The highest BCUT2D eigenvalue weighted by molar-refractivity contribution is 5.93. The molecular formula is C23H35N3O5. The third kappa shape index (κ3) is 8.96. The summed E-state index contributed by atoms with van der Waals surface area (Å²) in [7, 11) is 0. The average molecular weight is 434 g/mol. The van der Waals surface area contributed by atoms with Crippen LogP contribution in [0.3, 0.4) is 0 Å². The molecule has 1 saturated heterocycles. The van der Waals surface area contributed by atoms with Crippen molar-refractivity contribution in [2.24, 2.45) is 5.92 Å². The fraction of sp³-hybridized carbons (Fsp3) is 0.609. The maximum atomic E-state index is 12.5. The maximum absolute atomic E-state index is 12.5. The van der Waals surface area contributed by atoms with E-state index in [1.54, 1.807) is 17.0 Å². The van der Waals surface area contributed by atoms with Gasteiger partial charge in [-0.25, -0.2) is 0 Å². The van der Waals surface area contributed by atoms with Crippen molar-refractivity contribution in [3.05, 3.63) is 24.3 Å². The summed E-state index contributed by atoms with van der Waals surface area (Å²) >= 11 is 0. The van der Waals surface area contributed by atoms with Gasteiger partial charge in [0.1, 0.15) is 11.8 Å². The number of piperazine rings is 1. The van der Waals surface area contributed by atoms with Gasteiger partial charge < -0.3 is 20.1 Å². The van der Waals surface area contributed by atoms with Crippen LogP contribution >= 0.6 is 0 Å². The number of hydrogen-bond donors (Lipinski definition) is 2. The van der Waals surface area contributed by atoms with Crippen LogP contribution < -0.4 is 15.4 Å². The molecule has 1 fully saturated rings. The van der Waals surface area contributed by atoms with Gasteiger partial charge >= 0.3 is 5.97 Å². The van der Waals surface area contributed by atoms with Crippen LogP contribution in [0.25, 0.3) is 0 Å². The highest BCUT2D eigenvalue weighted by atomic mass is 16.5. The van der Waals surface area contributed by atoms with E-state index in [4.69, 9.17) is 9.47 Å². The van der Waals surface area contributed by atoms with E-state index in [1.807, 2.05) is 19.1 Å². The standard InChI is InChI=1S/C23H35N3O5/c1-4-5-13-31-22(28)15-20-23(29)24-11-12-26(20)16-21(27)25-18-6-8-19(9-7-18)30-14-10-17(2)3/h6-9,17,20H,4-5,10-16H2,1-3H3,(H,24,29)(H,25,27). The summed E-state index contributed by atoms with van der Waals surface area (Å²) in [5.41, 5.74) is 0.651. The SMILES string of the molecule is CCCCOC(=O)CC1C(=O)NCCN1CC(=O)Nc1ccc(OCCC(C)C)cc1. The van der Waals surface area contributed by atoms with Crippen LogP contribution in [0.4, 0.5) is 5.69 Å². The van der Waals surface area contributed by atoms with E-state index in [9.17, 15) is 14.4 Å². The van der Waals surface area contributed by atoms with Crippen molar-refractivity contribution < 1.29 is 23.9 Å². The molecule has 1 aromatic carbocycles. The number of amides is 2. The zero-order chi connectivity index (χ0) is 22.6. The van der Waals surface area contributed by atoms with Gasteiger partial charge in [0, 0.05) is 18.8 Å². The largest absolute Gasteiger partial charge is 0.494 e. The van der Waals surface area contributed by atoms with Crippen LogP contribution in [-0.2, 0) is 19.1 Å². The molecule has 2 N–H and O–H groups in total. The Labute approximate surface area is 184 Å². The molecule has 0 bridgehead atoms. The Balaban J connectivity index is 1.85. The molecule has 1 aliphatic heterocycles. The number of carbonyl (C=O) groups excluding carboxylic acids is 3. The van der Waals surface area contributed by atoms with E-state index in [1.165, 1.54) is 0 Å². The summed E-state index contributed by atoms with van der Waals surface area (Å²) in [6.07, 6.45) is 2.63. The Morgan fingerprint density at radius 1 is 1.23 bits per heavy atom. The minimum absolute atomic E-state index is 0.0208. The monoisotopic (exact) mass is 433 g/mol. The Kier molecular flexibility index (Phi) is 10.3. The van der Waals surface area contributed by atoms with Gasteiger partial charge in [-0.1, -0.05) is 27.2 Å². The number of anilines is 1. The molecule has 8 heteroatoms. The van der Waals surface area contributed by atoms with Gasteiger partial charge in [-0.3, -0.25) is 19.3 Å². The van der Waals surface area contributed by atoms with E-state index in [0.29, 0.717) is 37.9 Å². The summed E-state index contributed by atoms with van der Waals surface area (Å²) in [5.74, 6) is 0.418. The minimum atomic E-state index is -0.703. The van der Waals surface area contributed by atoms with Crippen molar-refractivity contribution in [3.8, 4) is 5.75 Å². The first kappa shape index (κ1) is 24.7. The quantitative estimate of drug-likeness (QED) is 0.388. The van der Waals surface area contributed by atoms with E-state index in [-0.39, 0.29) is 24.8 Å². The van der Waals surface area contributed by atoms with Crippen molar-refractivity contribution in [2.75, 3.05) is 38.2 Å². The van der Waals surface area contributed by atoms with Crippen molar-refractivity contribution in [3.63, 3.8) is 0 Å². The van der Waals surface area contributed by atoms with E-state index < -0.39 is 12.0 Å². The van der Waals surface area contributed by atoms with Crippen LogP contribution in [0.5, 0.6) is 5.75 Å². The lowest BCUT2D eigenvalue weighted by Gasteiger charge is -2.33. The van der Waals surface area contributed by atoms with Crippen LogP contribution in [-0.4, -0.2) is 61.6 Å². The lowest BCUT2D eigenvalue weighted by Crippen LogP contribution is -2.57. The molecule has 8 nitrogen and oxygen atoms in total. The molecule has 1 heterocycles. The van der Waals surface area contributed by atoms with Crippen LogP contribution in [0.2, 0.25) is 0 Å². The molecule has 1 unspecified atom stereocenters. The number of rotatable bonds is 12. The topological polar surface area (TPSA) is 97.0 Å². The number of carbonyl (C=O) groups is 3.